The lowest BCUT2D eigenvalue weighted by atomic mass is 10.1. The number of carbonyl (C=O) groups excluding carboxylic acids is 1. The van der Waals surface area contributed by atoms with Gasteiger partial charge in [-0.3, -0.25) is 0 Å². The third-order valence-electron chi connectivity index (χ3n) is 1.96. The summed E-state index contributed by atoms with van der Waals surface area (Å²) in [7, 11) is 1.51. The van der Waals surface area contributed by atoms with E-state index in [0.29, 0.717) is 12.0 Å². The number of hydrogen-bond acceptors (Lipinski definition) is 3. The first kappa shape index (κ1) is 10.7. The molecule has 0 amide bonds. The molecule has 1 aliphatic rings. The Labute approximate surface area is 83.7 Å². The van der Waals surface area contributed by atoms with Gasteiger partial charge in [-0.2, -0.15) is 0 Å². The van der Waals surface area contributed by atoms with Crippen LogP contribution in [0, 0.1) is 0 Å². The lowest BCUT2D eigenvalue weighted by Gasteiger charge is -2.29. The maximum absolute atomic E-state index is 11.3. The zero-order chi connectivity index (χ0) is 10.6. The minimum atomic E-state index is -0.954. The molecule has 0 N–H and O–H groups in total. The maximum atomic E-state index is 11.3. The monoisotopic (exact) mass is 194 g/mol. The Hall–Kier alpha value is -1.35. The van der Waals surface area contributed by atoms with Gasteiger partial charge in [0, 0.05) is 19.1 Å². The Kier molecular flexibility index (Phi) is 3.25. The van der Waals surface area contributed by atoms with Crippen molar-refractivity contribution >= 4 is 5.97 Å². The van der Waals surface area contributed by atoms with Gasteiger partial charge < -0.3 is 9.47 Å². The maximum Gasteiger partial charge on any atom is 0.335 e. The van der Waals surface area contributed by atoms with Gasteiger partial charge in [-0.25, -0.2) is 4.79 Å². The van der Waals surface area contributed by atoms with Crippen molar-refractivity contribution in [3.05, 3.63) is 36.5 Å². The van der Waals surface area contributed by atoms with E-state index >= 15 is 0 Å². The number of hydrogen-bond donors (Lipinski definition) is 0. The Morgan fingerprint density at radius 3 is 2.64 bits per heavy atom. The second-order valence-electron chi connectivity index (χ2n) is 3.18. The van der Waals surface area contributed by atoms with Gasteiger partial charge in [0.2, 0.25) is 5.79 Å². The van der Waals surface area contributed by atoms with E-state index in [2.05, 4.69) is 6.58 Å². The average Bonchev–Trinajstić information content (AvgIpc) is 2.19. The molecule has 1 unspecified atom stereocenters. The Bertz CT molecular complexity index is 302. The first-order valence-electron chi connectivity index (χ1n) is 4.38. The number of allylic oxidation sites excluding steroid dienone is 2. The number of carbonyl (C=O) groups is 1. The zero-order valence-corrected chi connectivity index (χ0v) is 8.45. The average molecular weight is 194 g/mol. The van der Waals surface area contributed by atoms with E-state index in [1.807, 2.05) is 12.2 Å². The molecule has 0 saturated carbocycles. The lowest BCUT2D eigenvalue weighted by molar-refractivity contribution is -0.195. The molecule has 0 aliphatic heterocycles. The van der Waals surface area contributed by atoms with Gasteiger partial charge in [0.05, 0.1) is 0 Å². The summed E-state index contributed by atoms with van der Waals surface area (Å²) in [5, 5.41) is 0. The molecule has 0 aromatic heterocycles. The zero-order valence-electron chi connectivity index (χ0n) is 8.45. The van der Waals surface area contributed by atoms with E-state index in [4.69, 9.17) is 9.47 Å². The van der Waals surface area contributed by atoms with Crippen molar-refractivity contribution in [3.63, 3.8) is 0 Å². The molecule has 3 nitrogen and oxygen atoms in total. The molecule has 0 aromatic carbocycles. The fraction of sp³-hybridized carbons (Fsp3) is 0.364. The van der Waals surface area contributed by atoms with Crippen molar-refractivity contribution in [2.24, 2.45) is 0 Å². The summed E-state index contributed by atoms with van der Waals surface area (Å²) in [6, 6.07) is 0. The van der Waals surface area contributed by atoms with Crippen LogP contribution in [0.25, 0.3) is 0 Å². The molecule has 0 aromatic rings. The predicted octanol–water partition coefficient (Wildman–Crippen LogP) is 1.96. The highest BCUT2D eigenvalue weighted by atomic mass is 16.7. The van der Waals surface area contributed by atoms with Crippen molar-refractivity contribution < 1.29 is 14.3 Å². The number of esters is 1. The van der Waals surface area contributed by atoms with Gasteiger partial charge in [-0.05, 0) is 13.0 Å². The normalized spacial score (nSPS) is 24.7. The molecule has 0 radical (unpaired) electrons. The highest BCUT2D eigenvalue weighted by Gasteiger charge is 2.31. The Balaban J connectivity index is 2.72. The highest BCUT2D eigenvalue weighted by molar-refractivity contribution is 5.87. The number of ether oxygens (including phenoxy) is 2. The summed E-state index contributed by atoms with van der Waals surface area (Å²) < 4.78 is 10.4. The van der Waals surface area contributed by atoms with Crippen LogP contribution in [0.5, 0.6) is 0 Å². The van der Waals surface area contributed by atoms with E-state index in [1.165, 1.54) is 7.11 Å². The van der Waals surface area contributed by atoms with Crippen molar-refractivity contribution in [1.82, 2.24) is 0 Å². The SMILES string of the molecule is C=C(C)C(=O)OC1(OC)C=CC=CC1. The Morgan fingerprint density at radius 1 is 1.50 bits per heavy atom. The molecule has 0 fully saturated rings. The third-order valence-corrected chi connectivity index (χ3v) is 1.96. The van der Waals surface area contributed by atoms with Crippen LogP contribution in [0.1, 0.15) is 13.3 Å². The predicted molar refractivity (Wildman–Crippen MR) is 53.5 cm³/mol. The van der Waals surface area contributed by atoms with E-state index in [1.54, 1.807) is 19.1 Å². The van der Waals surface area contributed by atoms with Crippen LogP contribution in [0.3, 0.4) is 0 Å². The summed E-state index contributed by atoms with van der Waals surface area (Å²) >= 11 is 0. The summed E-state index contributed by atoms with van der Waals surface area (Å²) in [4.78, 5) is 11.3. The van der Waals surface area contributed by atoms with Gasteiger partial charge in [-0.1, -0.05) is 24.8 Å². The molecule has 14 heavy (non-hydrogen) atoms. The molecule has 3 heteroatoms. The molecule has 1 atom stereocenters. The summed E-state index contributed by atoms with van der Waals surface area (Å²) in [6.07, 6.45) is 7.80. The van der Waals surface area contributed by atoms with Crippen LogP contribution >= 0.6 is 0 Å². The molecule has 1 aliphatic carbocycles. The molecular weight excluding hydrogens is 180 g/mol. The van der Waals surface area contributed by atoms with Gasteiger partial charge in [0.15, 0.2) is 0 Å². The largest absolute Gasteiger partial charge is 0.426 e. The lowest BCUT2D eigenvalue weighted by Crippen LogP contribution is -2.35. The summed E-state index contributed by atoms with van der Waals surface area (Å²) in [6.45, 7) is 5.12. The van der Waals surface area contributed by atoms with Gasteiger partial charge >= 0.3 is 5.97 Å². The van der Waals surface area contributed by atoms with Gasteiger partial charge in [-0.15, -0.1) is 0 Å². The first-order valence-corrected chi connectivity index (χ1v) is 4.38. The number of methoxy groups -OCH3 is 1. The molecule has 1 rings (SSSR count). The molecule has 0 bridgehead atoms. The van der Waals surface area contributed by atoms with Crippen molar-refractivity contribution in [2.45, 2.75) is 19.1 Å². The molecule has 0 spiro atoms. The first-order chi connectivity index (χ1) is 6.59. The van der Waals surface area contributed by atoms with Crippen LogP contribution in [-0.4, -0.2) is 18.9 Å². The van der Waals surface area contributed by atoms with E-state index in [9.17, 15) is 4.79 Å². The van der Waals surface area contributed by atoms with E-state index in [0.717, 1.165) is 0 Å². The fourth-order valence-electron chi connectivity index (χ4n) is 1.09. The van der Waals surface area contributed by atoms with Crippen LogP contribution in [0.2, 0.25) is 0 Å². The molecule has 0 heterocycles. The minimum absolute atomic E-state index is 0.365. The molecular formula is C11H14O3. The van der Waals surface area contributed by atoms with Crippen LogP contribution < -0.4 is 0 Å². The highest BCUT2D eigenvalue weighted by Crippen LogP contribution is 2.24. The van der Waals surface area contributed by atoms with Crippen LogP contribution in [0.15, 0.2) is 36.5 Å². The smallest absolute Gasteiger partial charge is 0.335 e. The second kappa shape index (κ2) is 4.24. The quantitative estimate of drug-likeness (QED) is 0.391. The molecule has 76 valence electrons. The third kappa shape index (κ3) is 2.33. The summed E-state index contributed by atoms with van der Waals surface area (Å²) in [5.74, 6) is -1.39. The van der Waals surface area contributed by atoms with Gasteiger partial charge in [0.25, 0.3) is 0 Å². The van der Waals surface area contributed by atoms with E-state index in [-0.39, 0.29) is 0 Å². The van der Waals surface area contributed by atoms with E-state index < -0.39 is 11.8 Å². The van der Waals surface area contributed by atoms with Crippen LogP contribution in [-0.2, 0) is 14.3 Å². The minimum Gasteiger partial charge on any atom is -0.426 e. The topological polar surface area (TPSA) is 35.5 Å². The van der Waals surface area contributed by atoms with Crippen molar-refractivity contribution in [3.8, 4) is 0 Å². The molecule has 0 saturated heterocycles. The number of rotatable bonds is 3. The fourth-order valence-corrected chi connectivity index (χ4v) is 1.09. The van der Waals surface area contributed by atoms with Crippen LogP contribution in [0.4, 0.5) is 0 Å². The summed E-state index contributed by atoms with van der Waals surface area (Å²) in [5.41, 5.74) is 0.365. The van der Waals surface area contributed by atoms with Crippen molar-refractivity contribution in [1.29, 1.82) is 0 Å². The Morgan fingerprint density at radius 2 is 2.21 bits per heavy atom. The van der Waals surface area contributed by atoms with Gasteiger partial charge in [0.1, 0.15) is 0 Å². The standard InChI is InChI=1S/C11H14O3/c1-9(2)10(12)14-11(13-3)7-5-4-6-8-11/h4-7H,1,8H2,2-3H3. The second-order valence-corrected chi connectivity index (χ2v) is 3.18. The van der Waals surface area contributed by atoms with Crippen molar-refractivity contribution in [2.75, 3.05) is 7.11 Å².